The van der Waals surface area contributed by atoms with Crippen LogP contribution in [0.5, 0.6) is 11.8 Å². The van der Waals surface area contributed by atoms with Crippen molar-refractivity contribution in [1.82, 2.24) is 9.40 Å². The standard InChI is InChI=1S/C15H17N3O5S/c1-9-5-7-10(8-6-9)24(22,23)17-15(21)16-18-13(19)11-3-2-4-12(11)14(18)20/h5-8,19-20H,2-4H2,1H3,(H2,16,17,21). The van der Waals surface area contributed by atoms with Crippen molar-refractivity contribution in [3.05, 3.63) is 41.0 Å². The molecule has 0 aliphatic heterocycles. The molecular formula is C15H17N3O5S. The van der Waals surface area contributed by atoms with Crippen molar-refractivity contribution in [2.24, 2.45) is 0 Å². The number of aryl methyl sites for hydroxylation is 1. The number of urea groups is 1. The van der Waals surface area contributed by atoms with Gasteiger partial charge < -0.3 is 10.2 Å². The first-order valence-electron chi connectivity index (χ1n) is 7.34. The fourth-order valence-electron chi connectivity index (χ4n) is 2.74. The van der Waals surface area contributed by atoms with E-state index in [1.165, 1.54) is 12.1 Å². The highest BCUT2D eigenvalue weighted by atomic mass is 32.2. The number of fused-ring (bicyclic) bond motifs is 1. The summed E-state index contributed by atoms with van der Waals surface area (Å²) >= 11 is 0. The zero-order valence-electron chi connectivity index (χ0n) is 12.9. The van der Waals surface area contributed by atoms with Crippen molar-refractivity contribution in [1.29, 1.82) is 0 Å². The molecular weight excluding hydrogens is 334 g/mol. The number of aromatic nitrogens is 1. The molecule has 9 heteroatoms. The van der Waals surface area contributed by atoms with Crippen LogP contribution >= 0.6 is 0 Å². The predicted octanol–water partition coefficient (Wildman–Crippen LogP) is 1.34. The first kappa shape index (κ1) is 16.2. The normalized spacial score (nSPS) is 13.5. The van der Waals surface area contributed by atoms with Gasteiger partial charge in [-0.25, -0.2) is 23.4 Å². The molecule has 0 atom stereocenters. The van der Waals surface area contributed by atoms with E-state index in [4.69, 9.17) is 0 Å². The third-order valence-corrected chi connectivity index (χ3v) is 5.30. The summed E-state index contributed by atoms with van der Waals surface area (Å²) in [5.41, 5.74) is 4.15. The number of aromatic hydroxyl groups is 2. The molecule has 0 spiro atoms. The summed E-state index contributed by atoms with van der Waals surface area (Å²) in [5, 5.41) is 20.1. The van der Waals surface area contributed by atoms with Gasteiger partial charge in [0.2, 0.25) is 11.8 Å². The molecule has 0 unspecified atom stereocenters. The van der Waals surface area contributed by atoms with Gasteiger partial charge in [0.25, 0.3) is 10.0 Å². The molecule has 0 saturated heterocycles. The molecule has 1 aliphatic carbocycles. The lowest BCUT2D eigenvalue weighted by atomic mass is 10.2. The molecule has 1 aliphatic rings. The number of amides is 2. The first-order chi connectivity index (χ1) is 11.3. The molecule has 1 aromatic heterocycles. The average molecular weight is 351 g/mol. The summed E-state index contributed by atoms with van der Waals surface area (Å²) in [7, 11) is -4.06. The van der Waals surface area contributed by atoms with Crippen molar-refractivity contribution in [2.45, 2.75) is 31.1 Å². The first-order valence-corrected chi connectivity index (χ1v) is 8.83. The van der Waals surface area contributed by atoms with Crippen LogP contribution in [0.3, 0.4) is 0 Å². The second-order valence-corrected chi connectivity index (χ2v) is 7.34. The Labute approximate surface area is 138 Å². The number of carbonyl (C=O) groups is 1. The fraction of sp³-hybridized carbons (Fsp3) is 0.267. The van der Waals surface area contributed by atoms with Gasteiger partial charge >= 0.3 is 6.03 Å². The Hall–Kier alpha value is -2.68. The quantitative estimate of drug-likeness (QED) is 0.665. The van der Waals surface area contributed by atoms with E-state index in [1.54, 1.807) is 12.1 Å². The minimum atomic E-state index is -4.06. The Balaban J connectivity index is 1.78. The second kappa shape index (κ2) is 5.75. The number of nitrogens with one attached hydrogen (secondary N) is 2. The van der Waals surface area contributed by atoms with Crippen LogP contribution in [-0.4, -0.2) is 29.3 Å². The summed E-state index contributed by atoms with van der Waals surface area (Å²) in [6, 6.07) is 4.89. The van der Waals surface area contributed by atoms with Crippen LogP contribution in [0.2, 0.25) is 0 Å². The van der Waals surface area contributed by atoms with Crippen LogP contribution in [0.4, 0.5) is 4.79 Å². The molecule has 8 nitrogen and oxygen atoms in total. The molecule has 1 aromatic carbocycles. The molecule has 128 valence electrons. The minimum Gasteiger partial charge on any atom is -0.493 e. The number of rotatable bonds is 3. The Morgan fingerprint density at radius 2 is 1.62 bits per heavy atom. The fourth-order valence-corrected chi connectivity index (χ4v) is 3.64. The van der Waals surface area contributed by atoms with Gasteiger partial charge in [0, 0.05) is 11.1 Å². The monoisotopic (exact) mass is 351 g/mol. The Bertz CT molecular complexity index is 873. The van der Waals surface area contributed by atoms with Crippen LogP contribution in [0.1, 0.15) is 23.1 Å². The smallest absolute Gasteiger partial charge is 0.347 e. The average Bonchev–Trinajstić information content (AvgIpc) is 3.07. The summed E-state index contributed by atoms with van der Waals surface area (Å²) in [6.45, 7) is 1.81. The van der Waals surface area contributed by atoms with Gasteiger partial charge in [-0.15, -0.1) is 0 Å². The summed E-state index contributed by atoms with van der Waals surface area (Å²) in [5.74, 6) is -0.578. The highest BCUT2D eigenvalue weighted by Gasteiger charge is 2.27. The van der Waals surface area contributed by atoms with Gasteiger partial charge in [0.1, 0.15) is 0 Å². The number of nitrogens with zero attached hydrogens (tertiary/aromatic N) is 1. The lowest BCUT2D eigenvalue weighted by molar-refractivity contribution is 0.252. The lowest BCUT2D eigenvalue weighted by Crippen LogP contribution is -2.38. The van der Waals surface area contributed by atoms with E-state index in [0.29, 0.717) is 24.0 Å². The molecule has 0 fully saturated rings. The number of benzene rings is 1. The van der Waals surface area contributed by atoms with Gasteiger partial charge in [-0.3, -0.25) is 0 Å². The van der Waals surface area contributed by atoms with Crippen molar-refractivity contribution < 1.29 is 23.4 Å². The molecule has 2 amide bonds. The minimum absolute atomic E-state index is 0.0632. The predicted molar refractivity (Wildman–Crippen MR) is 86.0 cm³/mol. The van der Waals surface area contributed by atoms with Crippen molar-refractivity contribution in [3.63, 3.8) is 0 Å². The summed E-state index contributed by atoms with van der Waals surface area (Å²) < 4.78 is 26.9. The van der Waals surface area contributed by atoms with E-state index >= 15 is 0 Å². The zero-order chi connectivity index (χ0) is 17.5. The highest BCUT2D eigenvalue weighted by molar-refractivity contribution is 7.90. The third-order valence-electron chi connectivity index (χ3n) is 3.95. The maximum Gasteiger partial charge on any atom is 0.347 e. The molecule has 3 rings (SSSR count). The highest BCUT2D eigenvalue weighted by Crippen LogP contribution is 2.38. The lowest BCUT2D eigenvalue weighted by Gasteiger charge is -2.11. The van der Waals surface area contributed by atoms with E-state index in [-0.39, 0.29) is 16.7 Å². The molecule has 0 saturated carbocycles. The Morgan fingerprint density at radius 3 is 2.17 bits per heavy atom. The van der Waals surface area contributed by atoms with E-state index in [2.05, 4.69) is 5.43 Å². The van der Waals surface area contributed by atoms with E-state index < -0.39 is 16.1 Å². The third kappa shape index (κ3) is 2.78. The number of sulfonamides is 1. The summed E-state index contributed by atoms with van der Waals surface area (Å²) in [4.78, 5) is 11.9. The van der Waals surface area contributed by atoms with E-state index in [0.717, 1.165) is 16.7 Å². The maximum absolute atomic E-state index is 12.1. The van der Waals surface area contributed by atoms with Crippen molar-refractivity contribution in [3.8, 4) is 11.8 Å². The van der Waals surface area contributed by atoms with E-state index in [9.17, 15) is 23.4 Å². The number of hydrogen-bond donors (Lipinski definition) is 4. The largest absolute Gasteiger partial charge is 0.493 e. The summed E-state index contributed by atoms with van der Waals surface area (Å²) in [6.07, 6.45) is 1.99. The zero-order valence-corrected chi connectivity index (χ0v) is 13.7. The van der Waals surface area contributed by atoms with Crippen LogP contribution in [-0.2, 0) is 22.9 Å². The molecule has 4 N–H and O–H groups in total. The molecule has 1 heterocycles. The van der Waals surface area contributed by atoms with Crippen LogP contribution in [0.15, 0.2) is 29.2 Å². The van der Waals surface area contributed by atoms with Gasteiger partial charge in [0.05, 0.1) is 4.90 Å². The van der Waals surface area contributed by atoms with E-state index in [1.807, 2.05) is 11.6 Å². The molecule has 24 heavy (non-hydrogen) atoms. The second-order valence-electron chi connectivity index (χ2n) is 5.65. The Morgan fingerprint density at radius 1 is 1.08 bits per heavy atom. The van der Waals surface area contributed by atoms with Gasteiger partial charge in [-0.1, -0.05) is 17.7 Å². The van der Waals surface area contributed by atoms with Crippen molar-refractivity contribution >= 4 is 16.1 Å². The SMILES string of the molecule is Cc1ccc(S(=O)(=O)NC(=O)Nn2c(O)c3c(c2O)CCC3)cc1. The molecule has 0 bridgehead atoms. The van der Waals surface area contributed by atoms with Crippen LogP contribution < -0.4 is 10.1 Å². The van der Waals surface area contributed by atoms with Gasteiger partial charge in [-0.2, -0.15) is 4.68 Å². The molecule has 0 radical (unpaired) electrons. The topological polar surface area (TPSA) is 121 Å². The van der Waals surface area contributed by atoms with Gasteiger partial charge in [0.15, 0.2) is 0 Å². The Kier molecular flexibility index (Phi) is 3.88. The van der Waals surface area contributed by atoms with Crippen molar-refractivity contribution in [2.75, 3.05) is 5.43 Å². The van der Waals surface area contributed by atoms with Crippen LogP contribution in [0.25, 0.3) is 0 Å². The molecule has 2 aromatic rings. The maximum atomic E-state index is 12.1. The van der Waals surface area contributed by atoms with Gasteiger partial charge in [-0.05, 0) is 38.3 Å². The number of carbonyl (C=O) groups excluding carboxylic acids is 1. The number of hydrogen-bond acceptors (Lipinski definition) is 5. The van der Waals surface area contributed by atoms with Crippen LogP contribution in [0, 0.1) is 6.92 Å².